The summed E-state index contributed by atoms with van der Waals surface area (Å²) < 4.78 is 1.95. The molecule has 0 saturated heterocycles. The Bertz CT molecular complexity index is 748. The summed E-state index contributed by atoms with van der Waals surface area (Å²) >= 11 is 5.83. The minimum Gasteiger partial charge on any atom is -0.341 e. The molecule has 0 radical (unpaired) electrons. The molecule has 3 nitrogen and oxygen atoms in total. The Hall–Kier alpha value is -1.87. The van der Waals surface area contributed by atoms with E-state index in [1.165, 1.54) is 0 Å². The van der Waals surface area contributed by atoms with E-state index < -0.39 is 0 Å². The van der Waals surface area contributed by atoms with Crippen LogP contribution < -0.4 is 5.43 Å². The molecule has 0 aromatic heterocycles. The number of fused-ring (bicyclic) bond motifs is 2. The van der Waals surface area contributed by atoms with Gasteiger partial charge < -0.3 is 4.57 Å². The third-order valence-corrected chi connectivity index (χ3v) is 3.20. The fourth-order valence-electron chi connectivity index (χ4n) is 2.01. The highest BCUT2D eigenvalue weighted by Gasteiger charge is 2.14. The lowest BCUT2D eigenvalue weighted by atomic mass is 10.1. The molecule has 1 aliphatic heterocycles. The molecule has 0 N–H and O–H groups in total. The predicted octanol–water partition coefficient (Wildman–Crippen LogP) is 2.69. The number of para-hydroxylation sites is 2. The van der Waals surface area contributed by atoms with Gasteiger partial charge in [-0.1, -0.05) is 23.7 Å². The van der Waals surface area contributed by atoms with Crippen LogP contribution in [0.25, 0.3) is 22.4 Å². The molecule has 0 fully saturated rings. The second-order valence-corrected chi connectivity index (χ2v) is 4.31. The molecule has 1 heterocycles. The third kappa shape index (κ3) is 1.43. The number of aryl methyl sites for hydroxylation is 1. The van der Waals surface area contributed by atoms with Gasteiger partial charge in [0.05, 0.1) is 21.7 Å². The number of nitrogens with zero attached hydrogens (tertiary/aromatic N) is 2. The summed E-state index contributed by atoms with van der Waals surface area (Å²) in [7, 11) is 1.92. The van der Waals surface area contributed by atoms with Crippen LogP contribution in [0.2, 0.25) is 5.02 Å². The quantitative estimate of drug-likeness (QED) is 0.570. The summed E-state index contributed by atoms with van der Waals surface area (Å²) in [6.07, 6.45) is 0. The predicted molar refractivity (Wildman–Crippen MR) is 68.6 cm³/mol. The van der Waals surface area contributed by atoms with Crippen molar-refractivity contribution < 1.29 is 0 Å². The molecule has 2 aliphatic rings. The second-order valence-electron chi connectivity index (χ2n) is 3.90. The van der Waals surface area contributed by atoms with E-state index in [9.17, 15) is 4.79 Å². The molecule has 1 aromatic carbocycles. The number of hydrogen-bond acceptors (Lipinski definition) is 2. The maximum atomic E-state index is 11.9. The normalized spacial score (nSPS) is 11.2. The Labute approximate surface area is 103 Å². The van der Waals surface area contributed by atoms with Gasteiger partial charge in [-0.3, -0.25) is 4.79 Å². The van der Waals surface area contributed by atoms with Gasteiger partial charge >= 0.3 is 0 Å². The zero-order chi connectivity index (χ0) is 12.0. The monoisotopic (exact) mass is 244 g/mol. The van der Waals surface area contributed by atoms with E-state index >= 15 is 0 Å². The second kappa shape index (κ2) is 3.57. The van der Waals surface area contributed by atoms with Crippen LogP contribution in [0.15, 0.2) is 41.2 Å². The SMILES string of the molecule is Cn1c2ccc(Cl)c(=O)c-2nc2ccccc21. The lowest BCUT2D eigenvalue weighted by Crippen LogP contribution is -2.13. The largest absolute Gasteiger partial charge is 0.341 e. The number of benzene rings is 2. The molecule has 0 spiro atoms. The van der Waals surface area contributed by atoms with Gasteiger partial charge in [-0.2, -0.15) is 0 Å². The maximum Gasteiger partial charge on any atom is 0.224 e. The fraction of sp³-hybridized carbons (Fsp3) is 0.0769. The van der Waals surface area contributed by atoms with E-state index in [1.807, 2.05) is 41.9 Å². The molecule has 0 amide bonds. The van der Waals surface area contributed by atoms with Crippen LogP contribution in [0.4, 0.5) is 0 Å². The van der Waals surface area contributed by atoms with Gasteiger partial charge in [-0.25, -0.2) is 4.98 Å². The van der Waals surface area contributed by atoms with Gasteiger partial charge in [0, 0.05) is 7.05 Å². The Kier molecular flexibility index (Phi) is 2.16. The summed E-state index contributed by atoms with van der Waals surface area (Å²) in [6.45, 7) is 0. The molecule has 3 rings (SSSR count). The fourth-order valence-corrected chi connectivity index (χ4v) is 2.16. The molecule has 0 bridgehead atoms. The summed E-state index contributed by atoms with van der Waals surface area (Å²) in [5, 5.41) is 0.209. The van der Waals surface area contributed by atoms with Crippen LogP contribution in [0, 0.1) is 0 Å². The third-order valence-electron chi connectivity index (χ3n) is 2.90. The summed E-state index contributed by atoms with van der Waals surface area (Å²) in [5.41, 5.74) is 2.77. The van der Waals surface area contributed by atoms with E-state index in [2.05, 4.69) is 4.98 Å². The molecule has 0 saturated carbocycles. The number of halogens is 1. The molecular formula is C13H9ClN2O. The summed E-state index contributed by atoms with van der Waals surface area (Å²) in [6, 6.07) is 11.1. The molecule has 17 heavy (non-hydrogen) atoms. The van der Waals surface area contributed by atoms with Crippen molar-refractivity contribution in [3.8, 4) is 11.4 Å². The van der Waals surface area contributed by atoms with Crippen LogP contribution in [-0.2, 0) is 7.05 Å². The molecule has 0 atom stereocenters. The highest BCUT2D eigenvalue weighted by molar-refractivity contribution is 6.30. The van der Waals surface area contributed by atoms with Gasteiger partial charge in [0.15, 0.2) is 0 Å². The van der Waals surface area contributed by atoms with Crippen molar-refractivity contribution in [2.45, 2.75) is 0 Å². The van der Waals surface area contributed by atoms with Crippen LogP contribution in [0.5, 0.6) is 0 Å². The average Bonchev–Trinajstić information content (AvgIpc) is 2.35. The highest BCUT2D eigenvalue weighted by atomic mass is 35.5. The Balaban J connectivity index is 2.60. The topological polar surface area (TPSA) is 34.9 Å². The van der Waals surface area contributed by atoms with Gasteiger partial charge in [0.1, 0.15) is 5.69 Å². The minimum absolute atomic E-state index is 0.209. The lowest BCUT2D eigenvalue weighted by molar-refractivity contribution is 0.944. The molecule has 84 valence electrons. The molecular weight excluding hydrogens is 236 g/mol. The molecule has 1 aromatic rings. The molecule has 4 heteroatoms. The van der Waals surface area contributed by atoms with E-state index in [4.69, 9.17) is 11.6 Å². The van der Waals surface area contributed by atoms with E-state index in [0.717, 1.165) is 16.7 Å². The Morgan fingerprint density at radius 3 is 2.76 bits per heavy atom. The zero-order valence-corrected chi connectivity index (χ0v) is 9.90. The van der Waals surface area contributed by atoms with Gasteiger partial charge in [-0.15, -0.1) is 0 Å². The van der Waals surface area contributed by atoms with Crippen molar-refractivity contribution in [2.75, 3.05) is 0 Å². The lowest BCUT2D eigenvalue weighted by Gasteiger charge is -2.13. The Morgan fingerprint density at radius 1 is 1.18 bits per heavy atom. The smallest absolute Gasteiger partial charge is 0.224 e. The summed E-state index contributed by atoms with van der Waals surface area (Å²) in [5.74, 6) is 0. The van der Waals surface area contributed by atoms with Gasteiger partial charge in [0.25, 0.3) is 0 Å². The highest BCUT2D eigenvalue weighted by Crippen LogP contribution is 2.22. The van der Waals surface area contributed by atoms with Crippen molar-refractivity contribution in [2.24, 2.45) is 7.05 Å². The van der Waals surface area contributed by atoms with Crippen molar-refractivity contribution in [1.82, 2.24) is 9.55 Å². The van der Waals surface area contributed by atoms with Crippen molar-refractivity contribution in [3.05, 3.63) is 51.6 Å². The first-order chi connectivity index (χ1) is 8.18. The van der Waals surface area contributed by atoms with Gasteiger partial charge in [-0.05, 0) is 24.3 Å². The summed E-state index contributed by atoms with van der Waals surface area (Å²) in [4.78, 5) is 16.3. The van der Waals surface area contributed by atoms with Crippen molar-refractivity contribution in [3.63, 3.8) is 0 Å². The van der Waals surface area contributed by atoms with Crippen LogP contribution in [-0.4, -0.2) is 9.55 Å². The number of hydrogen-bond donors (Lipinski definition) is 0. The first-order valence-corrected chi connectivity index (χ1v) is 5.60. The first-order valence-electron chi connectivity index (χ1n) is 5.22. The zero-order valence-electron chi connectivity index (χ0n) is 9.14. The van der Waals surface area contributed by atoms with Crippen LogP contribution in [0.3, 0.4) is 0 Å². The van der Waals surface area contributed by atoms with E-state index in [-0.39, 0.29) is 10.5 Å². The first kappa shape index (κ1) is 10.3. The van der Waals surface area contributed by atoms with Gasteiger partial charge in [0.2, 0.25) is 5.43 Å². The Morgan fingerprint density at radius 2 is 1.94 bits per heavy atom. The minimum atomic E-state index is -0.217. The van der Waals surface area contributed by atoms with E-state index in [1.54, 1.807) is 6.07 Å². The van der Waals surface area contributed by atoms with Crippen molar-refractivity contribution in [1.29, 1.82) is 0 Å². The van der Waals surface area contributed by atoms with Crippen LogP contribution >= 0.6 is 11.6 Å². The number of rotatable bonds is 0. The molecule has 1 aliphatic carbocycles. The maximum absolute atomic E-state index is 11.9. The number of aromatic nitrogens is 2. The molecule has 0 unspecified atom stereocenters. The van der Waals surface area contributed by atoms with Crippen molar-refractivity contribution >= 4 is 22.6 Å². The average molecular weight is 245 g/mol. The standard InChI is InChI=1S/C13H9ClN2O/c1-16-10-5-3-2-4-9(10)15-12-11(16)7-6-8(14)13(12)17/h2-7H,1H3. The van der Waals surface area contributed by atoms with E-state index in [0.29, 0.717) is 5.69 Å². The van der Waals surface area contributed by atoms with Crippen LogP contribution in [0.1, 0.15) is 0 Å².